The third kappa shape index (κ3) is 5.93. The largest absolute Gasteiger partial charge is 0.507 e. The van der Waals surface area contributed by atoms with Gasteiger partial charge in [-0.25, -0.2) is 4.99 Å². The van der Waals surface area contributed by atoms with Gasteiger partial charge in [0.15, 0.2) is 0 Å². The van der Waals surface area contributed by atoms with E-state index in [9.17, 15) is 9.90 Å². The molecule has 4 rings (SSSR count). The van der Waals surface area contributed by atoms with Crippen LogP contribution in [0, 0.1) is 0 Å². The van der Waals surface area contributed by atoms with Gasteiger partial charge < -0.3 is 10.0 Å². The number of hydrogen-bond donors (Lipinski definition) is 1. The number of aromatic hydroxyl groups is 1. The number of nitrogens with zero attached hydrogens (tertiary/aromatic N) is 3. The highest BCUT2D eigenvalue weighted by atomic mass is 16.3. The minimum atomic E-state index is 0.000265. The Balaban J connectivity index is 1.65. The normalized spacial score (nSPS) is 21.8. The van der Waals surface area contributed by atoms with Crippen molar-refractivity contribution in [2.24, 2.45) is 4.99 Å². The van der Waals surface area contributed by atoms with Crippen molar-refractivity contribution in [3.05, 3.63) is 35.9 Å². The van der Waals surface area contributed by atoms with Crippen LogP contribution in [0.3, 0.4) is 0 Å². The molecule has 0 atom stereocenters. The molecule has 5 heteroatoms. The first-order valence-electron chi connectivity index (χ1n) is 12.8. The van der Waals surface area contributed by atoms with E-state index in [1.165, 1.54) is 57.8 Å². The molecule has 1 saturated heterocycles. The van der Waals surface area contributed by atoms with E-state index in [4.69, 9.17) is 4.99 Å². The number of piperidine rings is 1. The third-order valence-corrected chi connectivity index (χ3v) is 7.25. The Bertz CT molecular complexity index is 801. The summed E-state index contributed by atoms with van der Waals surface area (Å²) in [6.07, 6.45) is 18.8. The van der Waals surface area contributed by atoms with Gasteiger partial charge >= 0.3 is 0 Å². The summed E-state index contributed by atoms with van der Waals surface area (Å²) < 4.78 is 0. The summed E-state index contributed by atoms with van der Waals surface area (Å²) in [6.45, 7) is 1.98. The fourth-order valence-electron chi connectivity index (χ4n) is 5.41. The van der Waals surface area contributed by atoms with E-state index in [1.807, 2.05) is 17.0 Å². The number of guanidine groups is 1. The van der Waals surface area contributed by atoms with Crippen LogP contribution in [-0.2, 0) is 4.79 Å². The molecule has 3 fully saturated rings. The van der Waals surface area contributed by atoms with Gasteiger partial charge in [0.1, 0.15) is 5.75 Å². The smallest absolute Gasteiger partial charge is 0.253 e. The number of carbonyl (C=O) groups excluding carboxylic acids is 1. The van der Waals surface area contributed by atoms with Gasteiger partial charge in [0, 0.05) is 30.8 Å². The molecule has 0 bridgehead atoms. The quantitative estimate of drug-likeness (QED) is 0.371. The summed E-state index contributed by atoms with van der Waals surface area (Å²) in [6, 6.07) is 7.73. The van der Waals surface area contributed by atoms with Gasteiger partial charge in [0.25, 0.3) is 5.91 Å². The van der Waals surface area contributed by atoms with Crippen molar-refractivity contribution < 1.29 is 9.90 Å². The van der Waals surface area contributed by atoms with Gasteiger partial charge in [-0.2, -0.15) is 0 Å². The van der Waals surface area contributed by atoms with Gasteiger partial charge in [-0.15, -0.1) is 0 Å². The molecule has 2 saturated carbocycles. The van der Waals surface area contributed by atoms with Crippen molar-refractivity contribution >= 4 is 17.9 Å². The van der Waals surface area contributed by atoms with Gasteiger partial charge in [-0.05, 0) is 57.1 Å². The van der Waals surface area contributed by atoms with Gasteiger partial charge in [0.05, 0.1) is 6.04 Å². The molecular formula is C27H39N3O2. The van der Waals surface area contributed by atoms with Crippen LogP contribution in [-0.4, -0.2) is 51.9 Å². The standard InChI is InChI=1S/C27H39N3O2/c31-25-17-9-8-12-22(25)18-19-26(32)30(24-15-6-2-7-16-24)27(29-20-10-3-11-21-29)28-23-13-4-1-5-14-23/h8-9,12,17-19,23-24,31H,1-7,10-11,13-16,20-21H2/b19-18+,28-27?. The van der Waals surface area contributed by atoms with Crippen LogP contribution in [0.1, 0.15) is 89.0 Å². The van der Waals surface area contributed by atoms with E-state index in [-0.39, 0.29) is 17.7 Å². The van der Waals surface area contributed by atoms with Crippen molar-refractivity contribution in [2.45, 2.75) is 95.6 Å². The molecular weight excluding hydrogens is 398 g/mol. The summed E-state index contributed by atoms with van der Waals surface area (Å²) in [5.74, 6) is 1.13. The molecule has 2 aliphatic carbocycles. The monoisotopic (exact) mass is 437 g/mol. The predicted molar refractivity (Wildman–Crippen MR) is 131 cm³/mol. The predicted octanol–water partition coefficient (Wildman–Crippen LogP) is 5.74. The number of amides is 1. The number of carbonyl (C=O) groups is 1. The average Bonchev–Trinajstić information content (AvgIpc) is 2.85. The molecule has 1 amide bonds. The van der Waals surface area contributed by atoms with Crippen LogP contribution in [0.4, 0.5) is 0 Å². The lowest BCUT2D eigenvalue weighted by atomic mass is 9.93. The maximum Gasteiger partial charge on any atom is 0.253 e. The molecule has 3 aliphatic rings. The SMILES string of the molecule is O=C(/C=C/c1ccccc1O)N(C(=NC1CCCCC1)N1CCCCC1)C1CCCCC1. The zero-order valence-corrected chi connectivity index (χ0v) is 19.4. The second kappa shape index (κ2) is 11.5. The van der Waals surface area contributed by atoms with E-state index in [1.54, 1.807) is 24.3 Å². The summed E-state index contributed by atoms with van der Waals surface area (Å²) in [5, 5.41) is 10.1. The van der Waals surface area contributed by atoms with E-state index in [0.29, 0.717) is 11.6 Å². The molecule has 0 aromatic heterocycles. The van der Waals surface area contributed by atoms with Gasteiger partial charge in [0.2, 0.25) is 5.96 Å². The third-order valence-electron chi connectivity index (χ3n) is 7.25. The highest BCUT2D eigenvalue weighted by Crippen LogP contribution is 2.28. The molecule has 0 unspecified atom stereocenters. The lowest BCUT2D eigenvalue weighted by Crippen LogP contribution is -2.53. The van der Waals surface area contributed by atoms with Crippen LogP contribution in [0.15, 0.2) is 35.3 Å². The fraction of sp³-hybridized carbons (Fsp3) is 0.630. The van der Waals surface area contributed by atoms with Crippen LogP contribution in [0.25, 0.3) is 6.08 Å². The lowest BCUT2D eigenvalue weighted by Gasteiger charge is -2.41. The number of hydrogen-bond acceptors (Lipinski definition) is 3. The zero-order valence-electron chi connectivity index (χ0n) is 19.4. The van der Waals surface area contributed by atoms with Crippen molar-refractivity contribution in [3.63, 3.8) is 0 Å². The van der Waals surface area contributed by atoms with Crippen molar-refractivity contribution in [2.75, 3.05) is 13.1 Å². The first-order chi connectivity index (χ1) is 15.7. The summed E-state index contributed by atoms with van der Waals surface area (Å²) in [7, 11) is 0. The Morgan fingerprint density at radius 3 is 2.22 bits per heavy atom. The molecule has 0 spiro atoms. The second-order valence-electron chi connectivity index (χ2n) is 9.66. The molecule has 1 aliphatic heterocycles. The Kier molecular flexibility index (Phi) is 8.24. The Morgan fingerprint density at radius 2 is 1.53 bits per heavy atom. The molecule has 1 aromatic rings. The summed E-state index contributed by atoms with van der Waals surface area (Å²) in [5.41, 5.74) is 0.674. The van der Waals surface area contributed by atoms with Crippen LogP contribution in [0.2, 0.25) is 0 Å². The van der Waals surface area contributed by atoms with E-state index >= 15 is 0 Å². The highest BCUT2D eigenvalue weighted by Gasteiger charge is 2.32. The molecule has 5 nitrogen and oxygen atoms in total. The number of para-hydroxylation sites is 1. The molecule has 32 heavy (non-hydrogen) atoms. The Hall–Kier alpha value is -2.30. The number of benzene rings is 1. The maximum atomic E-state index is 13.7. The molecule has 0 radical (unpaired) electrons. The van der Waals surface area contributed by atoms with E-state index in [0.717, 1.165) is 44.7 Å². The topological polar surface area (TPSA) is 56.1 Å². The minimum absolute atomic E-state index is 0.000265. The van der Waals surface area contributed by atoms with Crippen molar-refractivity contribution in [3.8, 4) is 5.75 Å². The Labute approximate surface area is 193 Å². The van der Waals surface area contributed by atoms with Gasteiger partial charge in [-0.1, -0.05) is 56.7 Å². The van der Waals surface area contributed by atoms with Crippen molar-refractivity contribution in [1.82, 2.24) is 9.80 Å². The lowest BCUT2D eigenvalue weighted by molar-refractivity contribution is -0.125. The molecule has 1 aromatic carbocycles. The Morgan fingerprint density at radius 1 is 0.906 bits per heavy atom. The van der Waals surface area contributed by atoms with Crippen molar-refractivity contribution in [1.29, 1.82) is 0 Å². The fourth-order valence-corrected chi connectivity index (χ4v) is 5.41. The van der Waals surface area contributed by atoms with Crippen LogP contribution >= 0.6 is 0 Å². The highest BCUT2D eigenvalue weighted by molar-refractivity contribution is 6.04. The van der Waals surface area contributed by atoms with E-state index in [2.05, 4.69) is 4.90 Å². The second-order valence-corrected chi connectivity index (χ2v) is 9.66. The molecule has 1 heterocycles. The zero-order chi connectivity index (χ0) is 22.2. The summed E-state index contributed by atoms with van der Waals surface area (Å²) in [4.78, 5) is 23.4. The number of likely N-dealkylation sites (tertiary alicyclic amines) is 1. The molecule has 174 valence electrons. The number of rotatable bonds is 4. The summed E-state index contributed by atoms with van der Waals surface area (Å²) >= 11 is 0. The molecule has 1 N–H and O–H groups in total. The first kappa shape index (κ1) is 22.9. The number of phenolic OH excluding ortho intramolecular Hbond substituents is 1. The first-order valence-corrected chi connectivity index (χ1v) is 12.8. The van der Waals surface area contributed by atoms with Crippen LogP contribution in [0.5, 0.6) is 5.75 Å². The minimum Gasteiger partial charge on any atom is -0.507 e. The number of phenols is 1. The van der Waals surface area contributed by atoms with E-state index < -0.39 is 0 Å². The van der Waals surface area contributed by atoms with Crippen LogP contribution < -0.4 is 0 Å². The average molecular weight is 438 g/mol. The number of aliphatic imine (C=N–C) groups is 1. The van der Waals surface area contributed by atoms with Gasteiger partial charge in [-0.3, -0.25) is 9.69 Å². The maximum absolute atomic E-state index is 13.7.